The second-order valence-corrected chi connectivity index (χ2v) is 6.64. The third-order valence-corrected chi connectivity index (χ3v) is 4.08. The summed E-state index contributed by atoms with van der Waals surface area (Å²) in [4.78, 5) is 8.64. The molecule has 0 saturated heterocycles. The monoisotopic (exact) mass is 471 g/mol. The SMILES string of the molecule is CN=C(NCCc1nc(C(C)C)no1)NCC(C)c1ccc(C)cc1.I. The van der Waals surface area contributed by atoms with Crippen molar-refractivity contribution >= 4 is 29.9 Å². The third-order valence-electron chi connectivity index (χ3n) is 4.08. The Morgan fingerprint density at radius 2 is 1.85 bits per heavy atom. The second-order valence-electron chi connectivity index (χ2n) is 6.64. The number of guanidine groups is 1. The van der Waals surface area contributed by atoms with E-state index >= 15 is 0 Å². The van der Waals surface area contributed by atoms with Gasteiger partial charge in [-0.2, -0.15) is 4.98 Å². The van der Waals surface area contributed by atoms with Gasteiger partial charge in [0.2, 0.25) is 5.89 Å². The first-order valence-corrected chi connectivity index (χ1v) is 8.83. The largest absolute Gasteiger partial charge is 0.356 e. The van der Waals surface area contributed by atoms with E-state index < -0.39 is 0 Å². The van der Waals surface area contributed by atoms with Crippen LogP contribution in [0.5, 0.6) is 0 Å². The lowest BCUT2D eigenvalue weighted by atomic mass is 10.0. The van der Waals surface area contributed by atoms with E-state index in [9.17, 15) is 0 Å². The lowest BCUT2D eigenvalue weighted by Crippen LogP contribution is -2.39. The molecule has 0 saturated carbocycles. The van der Waals surface area contributed by atoms with Crippen LogP contribution in [0.2, 0.25) is 0 Å². The van der Waals surface area contributed by atoms with Crippen LogP contribution < -0.4 is 10.6 Å². The summed E-state index contributed by atoms with van der Waals surface area (Å²) in [5.41, 5.74) is 2.60. The van der Waals surface area contributed by atoms with E-state index in [1.54, 1.807) is 7.05 Å². The van der Waals surface area contributed by atoms with Gasteiger partial charge < -0.3 is 15.2 Å². The Kier molecular flexibility index (Phi) is 9.61. The summed E-state index contributed by atoms with van der Waals surface area (Å²) in [6.45, 7) is 9.92. The molecule has 0 bridgehead atoms. The summed E-state index contributed by atoms with van der Waals surface area (Å²) >= 11 is 0. The molecule has 1 aromatic carbocycles. The van der Waals surface area contributed by atoms with Crippen molar-refractivity contribution in [2.75, 3.05) is 20.1 Å². The van der Waals surface area contributed by atoms with Crippen LogP contribution >= 0.6 is 24.0 Å². The van der Waals surface area contributed by atoms with Gasteiger partial charge in [-0.05, 0) is 18.4 Å². The summed E-state index contributed by atoms with van der Waals surface area (Å²) in [5, 5.41) is 10.6. The molecule has 144 valence electrons. The van der Waals surface area contributed by atoms with Gasteiger partial charge in [-0.3, -0.25) is 4.99 Å². The lowest BCUT2D eigenvalue weighted by Gasteiger charge is -2.16. The van der Waals surface area contributed by atoms with E-state index in [4.69, 9.17) is 4.52 Å². The van der Waals surface area contributed by atoms with Crippen LogP contribution in [0, 0.1) is 6.92 Å². The number of aromatic nitrogens is 2. The minimum absolute atomic E-state index is 0. The molecule has 7 heteroatoms. The lowest BCUT2D eigenvalue weighted by molar-refractivity contribution is 0.371. The van der Waals surface area contributed by atoms with Gasteiger partial charge in [-0.15, -0.1) is 24.0 Å². The molecule has 1 unspecified atom stereocenters. The van der Waals surface area contributed by atoms with Gasteiger partial charge >= 0.3 is 0 Å². The molecule has 1 aromatic heterocycles. The van der Waals surface area contributed by atoms with Crippen LogP contribution in [0.15, 0.2) is 33.8 Å². The molecule has 1 heterocycles. The number of hydrogen-bond acceptors (Lipinski definition) is 4. The zero-order chi connectivity index (χ0) is 18.2. The molecule has 26 heavy (non-hydrogen) atoms. The van der Waals surface area contributed by atoms with E-state index in [-0.39, 0.29) is 29.9 Å². The Morgan fingerprint density at radius 1 is 1.15 bits per heavy atom. The Morgan fingerprint density at radius 3 is 2.42 bits per heavy atom. The molecule has 0 aliphatic carbocycles. The van der Waals surface area contributed by atoms with Crippen molar-refractivity contribution in [2.24, 2.45) is 4.99 Å². The maximum atomic E-state index is 5.25. The number of halogens is 1. The minimum Gasteiger partial charge on any atom is -0.356 e. The predicted octanol–water partition coefficient (Wildman–Crippen LogP) is 3.63. The highest BCUT2D eigenvalue weighted by molar-refractivity contribution is 14.0. The average Bonchev–Trinajstić information content (AvgIpc) is 3.07. The minimum atomic E-state index is 0. The highest BCUT2D eigenvalue weighted by atomic mass is 127. The molecule has 0 radical (unpaired) electrons. The van der Waals surface area contributed by atoms with Crippen molar-refractivity contribution in [3.8, 4) is 0 Å². The van der Waals surface area contributed by atoms with Crippen LogP contribution in [-0.4, -0.2) is 36.2 Å². The third kappa shape index (κ3) is 6.93. The second kappa shape index (κ2) is 11.2. The summed E-state index contributed by atoms with van der Waals surface area (Å²) in [6, 6.07) is 8.66. The highest BCUT2D eigenvalue weighted by Gasteiger charge is 2.10. The first kappa shape index (κ1) is 22.4. The summed E-state index contributed by atoms with van der Waals surface area (Å²) < 4.78 is 5.25. The van der Waals surface area contributed by atoms with Gasteiger partial charge in [0, 0.05) is 32.5 Å². The first-order valence-electron chi connectivity index (χ1n) is 8.83. The molecule has 0 aliphatic heterocycles. The molecule has 2 N–H and O–H groups in total. The van der Waals surface area contributed by atoms with Gasteiger partial charge in [0.1, 0.15) is 0 Å². The molecule has 0 fully saturated rings. The summed E-state index contributed by atoms with van der Waals surface area (Å²) in [5.74, 6) is 2.87. The molecule has 0 spiro atoms. The van der Waals surface area contributed by atoms with E-state index in [2.05, 4.69) is 63.9 Å². The maximum absolute atomic E-state index is 5.25. The molecule has 1 atom stereocenters. The fraction of sp³-hybridized carbons (Fsp3) is 0.526. The Bertz CT molecular complexity index is 681. The molecule has 2 rings (SSSR count). The number of rotatable bonds is 7. The average molecular weight is 471 g/mol. The summed E-state index contributed by atoms with van der Waals surface area (Å²) in [6.07, 6.45) is 0.675. The molecule has 0 amide bonds. The number of nitrogens with zero attached hydrogens (tertiary/aromatic N) is 3. The fourth-order valence-electron chi connectivity index (χ4n) is 2.38. The van der Waals surface area contributed by atoms with Crippen LogP contribution in [0.1, 0.15) is 55.4 Å². The van der Waals surface area contributed by atoms with E-state index in [1.807, 2.05) is 13.8 Å². The van der Waals surface area contributed by atoms with Crippen molar-refractivity contribution in [2.45, 2.75) is 46.0 Å². The van der Waals surface area contributed by atoms with Gasteiger partial charge in [0.25, 0.3) is 0 Å². The van der Waals surface area contributed by atoms with Crippen LogP contribution in [0.4, 0.5) is 0 Å². The van der Waals surface area contributed by atoms with Crippen LogP contribution in [0.3, 0.4) is 0 Å². The first-order chi connectivity index (χ1) is 12.0. The number of aliphatic imine (C=N–C) groups is 1. The summed E-state index contributed by atoms with van der Waals surface area (Å²) in [7, 11) is 1.77. The molecule has 6 nitrogen and oxygen atoms in total. The van der Waals surface area contributed by atoms with E-state index in [0.717, 1.165) is 18.3 Å². The predicted molar refractivity (Wildman–Crippen MR) is 116 cm³/mol. The van der Waals surface area contributed by atoms with Crippen LogP contribution in [0.25, 0.3) is 0 Å². The number of benzene rings is 1. The number of nitrogens with one attached hydrogen (secondary N) is 2. The highest BCUT2D eigenvalue weighted by Crippen LogP contribution is 2.14. The Balaban J connectivity index is 0.00000338. The van der Waals surface area contributed by atoms with Gasteiger partial charge in [-0.25, -0.2) is 0 Å². The quantitative estimate of drug-likeness (QED) is 0.367. The van der Waals surface area contributed by atoms with E-state index in [1.165, 1.54) is 11.1 Å². The Labute approximate surface area is 173 Å². The van der Waals surface area contributed by atoms with Gasteiger partial charge in [0.05, 0.1) is 0 Å². The van der Waals surface area contributed by atoms with Gasteiger partial charge in [0.15, 0.2) is 11.8 Å². The standard InChI is InChI=1S/C19H29N5O.HI/c1-13(2)18-23-17(25-24-18)10-11-21-19(20-5)22-12-15(4)16-8-6-14(3)7-9-16;/h6-9,13,15H,10-12H2,1-5H3,(H2,20,21,22);1H. The van der Waals surface area contributed by atoms with Crippen molar-refractivity contribution < 1.29 is 4.52 Å². The normalized spacial score (nSPS) is 12.6. The molecule has 2 aromatic rings. The number of aryl methyl sites for hydroxylation is 1. The zero-order valence-electron chi connectivity index (χ0n) is 16.2. The van der Waals surface area contributed by atoms with Crippen molar-refractivity contribution in [3.63, 3.8) is 0 Å². The van der Waals surface area contributed by atoms with Crippen molar-refractivity contribution in [1.29, 1.82) is 0 Å². The topological polar surface area (TPSA) is 75.3 Å². The Hall–Kier alpha value is -1.64. The molecular weight excluding hydrogens is 441 g/mol. The fourth-order valence-corrected chi connectivity index (χ4v) is 2.38. The van der Waals surface area contributed by atoms with Crippen molar-refractivity contribution in [1.82, 2.24) is 20.8 Å². The molecular formula is C19H30IN5O. The smallest absolute Gasteiger partial charge is 0.228 e. The van der Waals surface area contributed by atoms with Crippen molar-refractivity contribution in [3.05, 3.63) is 47.1 Å². The van der Waals surface area contributed by atoms with Gasteiger partial charge in [-0.1, -0.05) is 55.8 Å². The van der Waals surface area contributed by atoms with Crippen LogP contribution in [-0.2, 0) is 6.42 Å². The maximum Gasteiger partial charge on any atom is 0.228 e. The van der Waals surface area contributed by atoms with E-state index in [0.29, 0.717) is 24.8 Å². The number of hydrogen-bond donors (Lipinski definition) is 2. The molecule has 0 aliphatic rings. The zero-order valence-corrected chi connectivity index (χ0v) is 18.6.